The van der Waals surface area contributed by atoms with Gasteiger partial charge in [0.25, 0.3) is 0 Å². The monoisotopic (exact) mass is 264 g/mol. The first-order valence-corrected chi connectivity index (χ1v) is 6.57. The summed E-state index contributed by atoms with van der Waals surface area (Å²) in [5, 5.41) is 3.10. The normalized spacial score (nSPS) is 10.8. The molecule has 0 aromatic carbocycles. The van der Waals surface area contributed by atoms with Crippen LogP contribution < -0.4 is 16.0 Å². The van der Waals surface area contributed by atoms with Gasteiger partial charge in [0.1, 0.15) is 5.82 Å². The minimum absolute atomic E-state index is 0.206. The minimum atomic E-state index is -0.332. The molecule has 0 atom stereocenters. The average Bonchev–Trinajstić information content (AvgIpc) is 2.27. The van der Waals surface area contributed by atoms with Crippen LogP contribution in [0, 0.1) is 12.8 Å². The molecule has 1 heterocycles. The lowest BCUT2D eigenvalue weighted by atomic mass is 10.1. The zero-order valence-corrected chi connectivity index (χ0v) is 12.2. The summed E-state index contributed by atoms with van der Waals surface area (Å²) in [6.07, 6.45) is 1.84. The Morgan fingerprint density at radius 2 is 2.21 bits per heavy atom. The first-order valence-electron chi connectivity index (χ1n) is 6.57. The van der Waals surface area contributed by atoms with Gasteiger partial charge in [0.2, 0.25) is 5.91 Å². The fourth-order valence-corrected chi connectivity index (χ4v) is 2.11. The van der Waals surface area contributed by atoms with Gasteiger partial charge in [0, 0.05) is 19.3 Å². The zero-order chi connectivity index (χ0) is 14.4. The molecule has 0 fully saturated rings. The maximum absolute atomic E-state index is 11.2. The van der Waals surface area contributed by atoms with Crippen LogP contribution in [0.4, 0.5) is 5.82 Å². The third-order valence-electron chi connectivity index (χ3n) is 2.72. The number of aromatic nitrogens is 1. The van der Waals surface area contributed by atoms with Crippen molar-refractivity contribution in [1.82, 2.24) is 10.3 Å². The van der Waals surface area contributed by atoms with Gasteiger partial charge < -0.3 is 16.0 Å². The SMILES string of the molecule is CNCc1cnc(N(CC(N)=O)CC(C)C)c(C)c1. The van der Waals surface area contributed by atoms with E-state index in [4.69, 9.17) is 5.73 Å². The number of hydrogen-bond donors (Lipinski definition) is 2. The number of amides is 1. The van der Waals surface area contributed by atoms with E-state index in [1.165, 1.54) is 0 Å². The Morgan fingerprint density at radius 3 is 2.68 bits per heavy atom. The highest BCUT2D eigenvalue weighted by Crippen LogP contribution is 2.19. The van der Waals surface area contributed by atoms with Crippen LogP contribution in [0.25, 0.3) is 0 Å². The Bertz CT molecular complexity index is 431. The zero-order valence-electron chi connectivity index (χ0n) is 12.2. The van der Waals surface area contributed by atoms with Gasteiger partial charge in [-0.25, -0.2) is 4.98 Å². The van der Waals surface area contributed by atoms with Crippen molar-refractivity contribution in [3.63, 3.8) is 0 Å². The van der Waals surface area contributed by atoms with E-state index in [9.17, 15) is 4.79 Å². The number of anilines is 1. The Kier molecular flexibility index (Phi) is 5.76. The van der Waals surface area contributed by atoms with Crippen LogP contribution in [0.1, 0.15) is 25.0 Å². The molecule has 1 rings (SSSR count). The van der Waals surface area contributed by atoms with Gasteiger partial charge >= 0.3 is 0 Å². The van der Waals surface area contributed by atoms with Gasteiger partial charge in [0.15, 0.2) is 0 Å². The largest absolute Gasteiger partial charge is 0.368 e. The Morgan fingerprint density at radius 1 is 1.53 bits per heavy atom. The second kappa shape index (κ2) is 7.09. The standard InChI is InChI=1S/C14H24N4O/c1-10(2)8-18(9-13(15)19)14-11(3)5-12(6-16-4)7-17-14/h5,7,10,16H,6,8-9H2,1-4H3,(H2,15,19). The van der Waals surface area contributed by atoms with Crippen molar-refractivity contribution in [2.24, 2.45) is 11.7 Å². The molecule has 0 aliphatic carbocycles. The van der Waals surface area contributed by atoms with E-state index in [0.29, 0.717) is 5.92 Å². The summed E-state index contributed by atoms with van der Waals surface area (Å²) in [6.45, 7) is 7.99. The number of nitrogens with one attached hydrogen (secondary N) is 1. The highest BCUT2D eigenvalue weighted by molar-refractivity contribution is 5.79. The quantitative estimate of drug-likeness (QED) is 0.772. The van der Waals surface area contributed by atoms with Gasteiger partial charge in [0.05, 0.1) is 6.54 Å². The molecule has 3 N–H and O–H groups in total. The number of carbonyl (C=O) groups excluding carboxylic acids is 1. The molecule has 0 unspecified atom stereocenters. The number of primary amides is 1. The predicted octanol–water partition coefficient (Wildman–Crippen LogP) is 1.06. The summed E-state index contributed by atoms with van der Waals surface area (Å²) in [5.74, 6) is 0.950. The van der Waals surface area contributed by atoms with Gasteiger partial charge in [-0.05, 0) is 37.1 Å². The molecule has 0 radical (unpaired) electrons. The van der Waals surface area contributed by atoms with Crippen molar-refractivity contribution < 1.29 is 4.79 Å². The molecule has 0 bridgehead atoms. The lowest BCUT2D eigenvalue weighted by Gasteiger charge is -2.26. The third kappa shape index (κ3) is 4.87. The van der Waals surface area contributed by atoms with Crippen molar-refractivity contribution in [2.45, 2.75) is 27.3 Å². The third-order valence-corrected chi connectivity index (χ3v) is 2.72. The second-order valence-electron chi connectivity index (χ2n) is 5.26. The minimum Gasteiger partial charge on any atom is -0.368 e. The van der Waals surface area contributed by atoms with Crippen molar-refractivity contribution >= 4 is 11.7 Å². The van der Waals surface area contributed by atoms with Crippen LogP contribution in [0.15, 0.2) is 12.3 Å². The maximum atomic E-state index is 11.2. The lowest BCUT2D eigenvalue weighted by molar-refractivity contribution is -0.116. The molecular weight excluding hydrogens is 240 g/mol. The summed E-state index contributed by atoms with van der Waals surface area (Å²) in [6, 6.07) is 2.09. The van der Waals surface area contributed by atoms with Crippen molar-refractivity contribution in [3.05, 3.63) is 23.4 Å². The fraction of sp³-hybridized carbons (Fsp3) is 0.571. The molecule has 0 spiro atoms. The highest BCUT2D eigenvalue weighted by Gasteiger charge is 2.15. The van der Waals surface area contributed by atoms with Crippen molar-refractivity contribution in [1.29, 1.82) is 0 Å². The van der Waals surface area contributed by atoms with Gasteiger partial charge in [-0.3, -0.25) is 4.79 Å². The highest BCUT2D eigenvalue weighted by atomic mass is 16.1. The number of carbonyl (C=O) groups is 1. The number of nitrogens with zero attached hydrogens (tertiary/aromatic N) is 2. The van der Waals surface area contributed by atoms with Crippen LogP contribution in [-0.2, 0) is 11.3 Å². The van der Waals surface area contributed by atoms with Crippen LogP contribution >= 0.6 is 0 Å². The first kappa shape index (κ1) is 15.4. The van der Waals surface area contributed by atoms with Gasteiger partial charge in [-0.15, -0.1) is 0 Å². The molecule has 106 valence electrons. The smallest absolute Gasteiger partial charge is 0.236 e. The summed E-state index contributed by atoms with van der Waals surface area (Å²) >= 11 is 0. The summed E-state index contributed by atoms with van der Waals surface area (Å²) in [4.78, 5) is 17.6. The molecule has 1 aromatic heterocycles. The van der Waals surface area contributed by atoms with E-state index in [2.05, 4.69) is 30.2 Å². The molecule has 0 aliphatic heterocycles. The Labute approximate surface area is 115 Å². The maximum Gasteiger partial charge on any atom is 0.236 e. The Hall–Kier alpha value is -1.62. The molecule has 5 heteroatoms. The lowest BCUT2D eigenvalue weighted by Crippen LogP contribution is -2.37. The van der Waals surface area contributed by atoms with E-state index in [1.807, 2.05) is 25.1 Å². The predicted molar refractivity (Wildman–Crippen MR) is 78.0 cm³/mol. The summed E-state index contributed by atoms with van der Waals surface area (Å²) in [5.41, 5.74) is 7.51. The van der Waals surface area contributed by atoms with E-state index >= 15 is 0 Å². The van der Waals surface area contributed by atoms with E-state index in [0.717, 1.165) is 30.0 Å². The molecule has 0 saturated carbocycles. The summed E-state index contributed by atoms with van der Waals surface area (Å²) < 4.78 is 0. The number of pyridine rings is 1. The van der Waals surface area contributed by atoms with Crippen molar-refractivity contribution in [2.75, 3.05) is 25.0 Å². The number of hydrogen-bond acceptors (Lipinski definition) is 4. The second-order valence-corrected chi connectivity index (χ2v) is 5.26. The van der Waals surface area contributed by atoms with E-state index < -0.39 is 0 Å². The van der Waals surface area contributed by atoms with Crippen LogP contribution in [0.2, 0.25) is 0 Å². The van der Waals surface area contributed by atoms with Gasteiger partial charge in [-0.1, -0.05) is 13.8 Å². The van der Waals surface area contributed by atoms with Crippen molar-refractivity contribution in [3.8, 4) is 0 Å². The number of rotatable bonds is 7. The average molecular weight is 264 g/mol. The molecular formula is C14H24N4O. The van der Waals surface area contributed by atoms with Crippen LogP contribution in [0.3, 0.4) is 0 Å². The first-order chi connectivity index (χ1) is 8.93. The molecule has 19 heavy (non-hydrogen) atoms. The molecule has 0 aliphatic rings. The fourth-order valence-electron chi connectivity index (χ4n) is 2.11. The topological polar surface area (TPSA) is 71.2 Å². The molecule has 0 saturated heterocycles. The van der Waals surface area contributed by atoms with Crippen LogP contribution in [0.5, 0.6) is 0 Å². The molecule has 5 nitrogen and oxygen atoms in total. The number of nitrogens with two attached hydrogens (primary N) is 1. The van der Waals surface area contributed by atoms with E-state index in [1.54, 1.807) is 0 Å². The van der Waals surface area contributed by atoms with Crippen LogP contribution in [-0.4, -0.2) is 31.0 Å². The molecule has 1 aromatic rings. The van der Waals surface area contributed by atoms with Gasteiger partial charge in [-0.2, -0.15) is 0 Å². The Balaban J connectivity index is 2.97. The van der Waals surface area contributed by atoms with E-state index in [-0.39, 0.29) is 12.5 Å². The summed E-state index contributed by atoms with van der Waals surface area (Å²) in [7, 11) is 1.90. The molecule has 1 amide bonds. The number of aryl methyl sites for hydroxylation is 1.